The Morgan fingerprint density at radius 3 is 2.60 bits per heavy atom. The van der Waals surface area contributed by atoms with Crippen LogP contribution in [-0.4, -0.2) is 26.9 Å². The van der Waals surface area contributed by atoms with E-state index in [1.54, 1.807) is 0 Å². The average Bonchev–Trinajstić information content (AvgIpc) is 2.17. The molecule has 0 aromatic heterocycles. The van der Waals surface area contributed by atoms with Crippen LogP contribution >= 0.6 is 12.2 Å². The standard InChI is InChI=1S/C9H9NO3S2/c1-13-9-4-3-7(15(2,11)12)5-8(9)10-6-14/h3-5H,1-2H3. The number of sulfone groups is 1. The highest BCUT2D eigenvalue weighted by atomic mass is 32.2. The Morgan fingerprint density at radius 1 is 1.47 bits per heavy atom. The highest BCUT2D eigenvalue weighted by Gasteiger charge is 2.10. The number of hydrogen-bond acceptors (Lipinski definition) is 5. The van der Waals surface area contributed by atoms with Crippen LogP contribution in [0.2, 0.25) is 0 Å². The predicted octanol–water partition coefficient (Wildman–Crippen LogP) is 1.83. The summed E-state index contributed by atoms with van der Waals surface area (Å²) in [4.78, 5) is 3.90. The maximum atomic E-state index is 11.3. The molecule has 0 spiro atoms. The van der Waals surface area contributed by atoms with Gasteiger partial charge in [-0.3, -0.25) is 0 Å². The maximum absolute atomic E-state index is 11.3. The van der Waals surface area contributed by atoms with Crippen molar-refractivity contribution in [3.05, 3.63) is 18.2 Å². The number of thiocarbonyl (C=S) groups is 1. The van der Waals surface area contributed by atoms with Gasteiger partial charge in [-0.2, -0.15) is 4.99 Å². The molecule has 0 aliphatic carbocycles. The summed E-state index contributed by atoms with van der Waals surface area (Å²) in [6, 6.07) is 4.38. The molecule has 0 N–H and O–H groups in total. The Bertz CT molecular complexity index is 516. The number of isothiocyanates is 1. The van der Waals surface area contributed by atoms with E-state index in [0.29, 0.717) is 11.4 Å². The highest BCUT2D eigenvalue weighted by Crippen LogP contribution is 2.29. The van der Waals surface area contributed by atoms with E-state index >= 15 is 0 Å². The highest BCUT2D eigenvalue weighted by molar-refractivity contribution is 7.90. The number of methoxy groups -OCH3 is 1. The van der Waals surface area contributed by atoms with Crippen molar-refractivity contribution in [3.8, 4) is 5.75 Å². The summed E-state index contributed by atoms with van der Waals surface area (Å²) in [7, 11) is -1.78. The second-order valence-electron chi connectivity index (χ2n) is 2.81. The minimum atomic E-state index is -3.25. The van der Waals surface area contributed by atoms with Crippen molar-refractivity contribution in [2.45, 2.75) is 4.90 Å². The van der Waals surface area contributed by atoms with E-state index in [0.717, 1.165) is 6.26 Å². The van der Waals surface area contributed by atoms with Crippen LogP contribution in [0.1, 0.15) is 0 Å². The zero-order valence-corrected chi connectivity index (χ0v) is 9.85. The van der Waals surface area contributed by atoms with Crippen LogP contribution in [-0.2, 0) is 9.84 Å². The molecule has 0 aliphatic heterocycles. The third-order valence-electron chi connectivity index (χ3n) is 1.74. The predicted molar refractivity (Wildman–Crippen MR) is 60.8 cm³/mol. The molecular formula is C9H9NO3S2. The fraction of sp³-hybridized carbons (Fsp3) is 0.222. The first-order chi connectivity index (χ1) is 6.99. The first-order valence-electron chi connectivity index (χ1n) is 3.95. The summed E-state index contributed by atoms with van der Waals surface area (Å²) in [6.07, 6.45) is 1.12. The van der Waals surface area contributed by atoms with E-state index in [9.17, 15) is 8.42 Å². The first-order valence-corrected chi connectivity index (χ1v) is 6.25. The minimum absolute atomic E-state index is 0.173. The molecule has 0 saturated carbocycles. The Morgan fingerprint density at radius 2 is 2.13 bits per heavy atom. The van der Waals surface area contributed by atoms with Crippen molar-refractivity contribution in [3.63, 3.8) is 0 Å². The number of benzene rings is 1. The van der Waals surface area contributed by atoms with E-state index in [1.807, 2.05) is 0 Å². The van der Waals surface area contributed by atoms with Gasteiger partial charge in [-0.25, -0.2) is 8.42 Å². The minimum Gasteiger partial charge on any atom is -0.494 e. The second kappa shape index (κ2) is 4.53. The fourth-order valence-corrected chi connectivity index (χ4v) is 1.78. The van der Waals surface area contributed by atoms with Crippen molar-refractivity contribution in [2.24, 2.45) is 4.99 Å². The number of nitrogens with zero attached hydrogens (tertiary/aromatic N) is 1. The smallest absolute Gasteiger partial charge is 0.175 e. The molecule has 0 radical (unpaired) electrons. The van der Waals surface area contributed by atoms with Crippen LogP contribution in [0.4, 0.5) is 5.69 Å². The van der Waals surface area contributed by atoms with Crippen LogP contribution in [0, 0.1) is 0 Å². The summed E-state index contributed by atoms with van der Waals surface area (Å²) < 4.78 is 27.5. The van der Waals surface area contributed by atoms with Gasteiger partial charge in [-0.15, -0.1) is 0 Å². The van der Waals surface area contributed by atoms with Gasteiger partial charge in [-0.1, -0.05) is 0 Å². The molecule has 0 atom stereocenters. The van der Waals surface area contributed by atoms with Crippen LogP contribution < -0.4 is 4.74 Å². The van der Waals surface area contributed by atoms with Crippen LogP contribution in [0.5, 0.6) is 5.75 Å². The normalized spacial score (nSPS) is 10.5. The molecule has 0 aliphatic rings. The Kier molecular flexibility index (Phi) is 3.57. The second-order valence-corrected chi connectivity index (χ2v) is 5.01. The monoisotopic (exact) mass is 243 g/mol. The van der Waals surface area contributed by atoms with Crippen molar-refractivity contribution in [1.29, 1.82) is 0 Å². The van der Waals surface area contributed by atoms with Gasteiger partial charge in [0.15, 0.2) is 9.84 Å². The van der Waals surface area contributed by atoms with Crippen molar-refractivity contribution in [2.75, 3.05) is 13.4 Å². The summed E-state index contributed by atoms with van der Waals surface area (Å²) in [6.45, 7) is 0. The molecule has 4 nitrogen and oxygen atoms in total. The van der Waals surface area contributed by atoms with Crippen LogP contribution in [0.3, 0.4) is 0 Å². The van der Waals surface area contributed by atoms with Gasteiger partial charge in [0.05, 0.1) is 17.2 Å². The van der Waals surface area contributed by atoms with E-state index in [1.165, 1.54) is 25.3 Å². The van der Waals surface area contributed by atoms with Gasteiger partial charge in [0.1, 0.15) is 11.4 Å². The molecular weight excluding hydrogens is 234 g/mol. The Hall–Kier alpha value is -1.23. The van der Waals surface area contributed by atoms with Gasteiger partial charge in [0.2, 0.25) is 0 Å². The Balaban J connectivity index is 3.41. The summed E-state index contributed by atoms with van der Waals surface area (Å²) in [5.74, 6) is 0.458. The van der Waals surface area contributed by atoms with Gasteiger partial charge in [0.25, 0.3) is 0 Å². The number of ether oxygens (including phenoxy) is 1. The molecule has 0 fully saturated rings. The fourth-order valence-electron chi connectivity index (χ4n) is 1.04. The molecule has 0 bridgehead atoms. The lowest BCUT2D eigenvalue weighted by molar-refractivity contribution is 0.416. The molecule has 1 rings (SSSR count). The van der Waals surface area contributed by atoms with Crippen LogP contribution in [0.15, 0.2) is 28.1 Å². The van der Waals surface area contributed by atoms with Crippen molar-refractivity contribution in [1.82, 2.24) is 0 Å². The molecule has 0 heterocycles. The number of hydrogen-bond donors (Lipinski definition) is 0. The lowest BCUT2D eigenvalue weighted by atomic mass is 10.3. The van der Waals surface area contributed by atoms with Crippen LogP contribution in [0.25, 0.3) is 0 Å². The SMILES string of the molecule is COc1ccc(S(C)(=O)=O)cc1N=C=S. The zero-order chi connectivity index (χ0) is 11.5. The van der Waals surface area contributed by atoms with Gasteiger partial charge in [0, 0.05) is 6.26 Å². The molecule has 0 amide bonds. The van der Waals surface area contributed by atoms with Gasteiger partial charge < -0.3 is 4.74 Å². The van der Waals surface area contributed by atoms with E-state index < -0.39 is 9.84 Å². The Labute approximate surface area is 93.5 Å². The molecule has 1 aromatic carbocycles. The van der Waals surface area contributed by atoms with Crippen molar-refractivity contribution < 1.29 is 13.2 Å². The van der Waals surface area contributed by atoms with E-state index in [2.05, 4.69) is 22.4 Å². The van der Waals surface area contributed by atoms with Gasteiger partial charge in [-0.05, 0) is 30.4 Å². The first kappa shape index (κ1) is 11.8. The quantitative estimate of drug-likeness (QED) is 0.600. The molecule has 15 heavy (non-hydrogen) atoms. The molecule has 1 aromatic rings. The number of rotatable bonds is 3. The van der Waals surface area contributed by atoms with Gasteiger partial charge >= 0.3 is 0 Å². The number of aliphatic imine (C=N–C) groups is 1. The maximum Gasteiger partial charge on any atom is 0.175 e. The van der Waals surface area contributed by atoms with E-state index in [4.69, 9.17) is 4.74 Å². The molecule has 6 heteroatoms. The third kappa shape index (κ3) is 2.86. The lowest BCUT2D eigenvalue weighted by Crippen LogP contribution is -1.96. The molecule has 0 unspecified atom stereocenters. The molecule has 80 valence electrons. The lowest BCUT2D eigenvalue weighted by Gasteiger charge is -2.04. The zero-order valence-electron chi connectivity index (χ0n) is 8.22. The molecule has 0 saturated heterocycles. The van der Waals surface area contributed by atoms with Crippen molar-refractivity contribution >= 4 is 32.9 Å². The summed E-state index contributed by atoms with van der Waals surface area (Å²) in [5.41, 5.74) is 0.357. The van der Waals surface area contributed by atoms with E-state index in [-0.39, 0.29) is 4.90 Å². The average molecular weight is 243 g/mol. The summed E-state index contributed by atoms with van der Waals surface area (Å²) >= 11 is 4.46. The third-order valence-corrected chi connectivity index (χ3v) is 2.95. The largest absolute Gasteiger partial charge is 0.494 e. The topological polar surface area (TPSA) is 55.7 Å². The summed E-state index contributed by atoms with van der Waals surface area (Å²) in [5, 5.41) is 2.17.